The molecule has 2 aromatic rings. The minimum atomic E-state index is 0.0286. The van der Waals surface area contributed by atoms with Gasteiger partial charge in [-0.2, -0.15) is 0 Å². The van der Waals surface area contributed by atoms with Crippen LogP contribution in [0.25, 0.3) is 11.3 Å². The normalized spacial score (nSPS) is 19.8. The zero-order chi connectivity index (χ0) is 19.3. The molecule has 0 atom stereocenters. The van der Waals surface area contributed by atoms with E-state index < -0.39 is 0 Å². The Morgan fingerprint density at radius 3 is 2.61 bits per heavy atom. The number of benzene rings is 1. The maximum Gasteiger partial charge on any atom is 0.230 e. The van der Waals surface area contributed by atoms with Crippen molar-refractivity contribution in [3.63, 3.8) is 0 Å². The van der Waals surface area contributed by atoms with E-state index in [1.54, 1.807) is 18.3 Å². The number of thiazole rings is 1. The van der Waals surface area contributed by atoms with Gasteiger partial charge in [0.25, 0.3) is 0 Å². The topological polar surface area (TPSA) is 53.5 Å². The van der Waals surface area contributed by atoms with Crippen molar-refractivity contribution < 1.29 is 9.59 Å². The van der Waals surface area contributed by atoms with Gasteiger partial charge in [0.1, 0.15) is 0 Å². The van der Waals surface area contributed by atoms with Crippen LogP contribution in [0.3, 0.4) is 0 Å². The average Bonchev–Trinajstić information content (AvgIpc) is 3.29. The van der Waals surface area contributed by atoms with Gasteiger partial charge in [-0.15, -0.1) is 11.3 Å². The fraction of sp³-hybridized carbons (Fsp3) is 0.500. The molecule has 0 bridgehead atoms. The summed E-state index contributed by atoms with van der Waals surface area (Å²) in [6.45, 7) is 3.75. The molecule has 0 N–H and O–H groups in total. The summed E-state index contributed by atoms with van der Waals surface area (Å²) in [5.74, 6) is 1.05. The molecule has 5 nitrogen and oxygen atoms in total. The molecular formula is C22H25N3O2S. The standard InChI is InChI=1S/C22H25N3O2S/c1-14(26)24-9-6-16(7-10-24)22(27)25-11-8-18-12-17(4-5-20(18)25)19-13-28-21(23-19)15-2-3-15/h4-5,12-13,15-16H,2-3,6-11H2,1H3. The molecule has 1 aromatic heterocycles. The Bertz CT molecular complexity index is 926. The van der Waals surface area contributed by atoms with E-state index in [4.69, 9.17) is 4.98 Å². The number of likely N-dealkylation sites (tertiary alicyclic amines) is 1. The Hall–Kier alpha value is -2.21. The van der Waals surface area contributed by atoms with Crippen LogP contribution in [-0.4, -0.2) is 41.3 Å². The zero-order valence-electron chi connectivity index (χ0n) is 16.2. The number of nitrogens with zero attached hydrogens (tertiary/aromatic N) is 3. The van der Waals surface area contributed by atoms with Crippen molar-refractivity contribution in [1.29, 1.82) is 0 Å². The van der Waals surface area contributed by atoms with Gasteiger partial charge >= 0.3 is 0 Å². The van der Waals surface area contributed by atoms with E-state index in [9.17, 15) is 9.59 Å². The summed E-state index contributed by atoms with van der Waals surface area (Å²) in [6.07, 6.45) is 5.00. The lowest BCUT2D eigenvalue weighted by atomic mass is 9.95. The van der Waals surface area contributed by atoms with E-state index in [2.05, 4.69) is 23.6 Å². The lowest BCUT2D eigenvalue weighted by Gasteiger charge is -2.32. The summed E-state index contributed by atoms with van der Waals surface area (Å²) in [6, 6.07) is 6.41. The Balaban J connectivity index is 1.31. The second kappa shape index (κ2) is 6.99. The number of hydrogen-bond acceptors (Lipinski definition) is 4. The molecule has 1 aromatic carbocycles. The van der Waals surface area contributed by atoms with Crippen molar-refractivity contribution in [2.75, 3.05) is 24.5 Å². The van der Waals surface area contributed by atoms with E-state index in [1.807, 2.05) is 9.80 Å². The highest BCUT2D eigenvalue weighted by Gasteiger charge is 2.33. The fourth-order valence-electron chi connectivity index (χ4n) is 4.39. The first-order valence-corrected chi connectivity index (χ1v) is 11.1. The molecule has 0 spiro atoms. The first kappa shape index (κ1) is 17.9. The first-order valence-electron chi connectivity index (χ1n) is 10.3. The second-order valence-electron chi connectivity index (χ2n) is 8.21. The predicted octanol–water partition coefficient (Wildman–Crippen LogP) is 3.84. The molecule has 0 radical (unpaired) electrons. The molecule has 6 heteroatoms. The zero-order valence-corrected chi connectivity index (χ0v) is 17.0. The maximum absolute atomic E-state index is 13.1. The molecule has 28 heavy (non-hydrogen) atoms. The first-order chi connectivity index (χ1) is 13.6. The lowest BCUT2D eigenvalue weighted by Crippen LogP contribution is -2.43. The summed E-state index contributed by atoms with van der Waals surface area (Å²) in [4.78, 5) is 33.2. The Morgan fingerprint density at radius 1 is 1.11 bits per heavy atom. The van der Waals surface area contributed by atoms with E-state index in [0.29, 0.717) is 19.0 Å². The highest BCUT2D eigenvalue weighted by molar-refractivity contribution is 7.10. The van der Waals surface area contributed by atoms with Crippen molar-refractivity contribution >= 4 is 28.8 Å². The van der Waals surface area contributed by atoms with Gasteiger partial charge in [0.05, 0.1) is 10.7 Å². The lowest BCUT2D eigenvalue weighted by molar-refractivity contribution is -0.133. The molecule has 146 valence electrons. The van der Waals surface area contributed by atoms with Crippen LogP contribution in [0.4, 0.5) is 5.69 Å². The van der Waals surface area contributed by atoms with Crippen LogP contribution in [-0.2, 0) is 16.0 Å². The number of rotatable bonds is 3. The van der Waals surface area contributed by atoms with Crippen LogP contribution in [0, 0.1) is 5.92 Å². The third-order valence-corrected chi connectivity index (χ3v) is 7.28. The largest absolute Gasteiger partial charge is 0.343 e. The van der Waals surface area contributed by atoms with Gasteiger partial charge in [-0.05, 0) is 49.8 Å². The van der Waals surface area contributed by atoms with E-state index >= 15 is 0 Å². The van der Waals surface area contributed by atoms with Crippen LogP contribution >= 0.6 is 11.3 Å². The molecule has 1 saturated carbocycles. The monoisotopic (exact) mass is 395 g/mol. The molecule has 1 saturated heterocycles. The van der Waals surface area contributed by atoms with Gasteiger partial charge < -0.3 is 9.80 Å². The highest BCUT2D eigenvalue weighted by atomic mass is 32.1. The smallest absolute Gasteiger partial charge is 0.230 e. The van der Waals surface area contributed by atoms with Crippen LogP contribution < -0.4 is 4.90 Å². The summed E-state index contributed by atoms with van der Waals surface area (Å²) in [5.41, 5.74) is 4.52. The Kier molecular flexibility index (Phi) is 4.46. The number of carbonyl (C=O) groups excluding carboxylic acids is 2. The van der Waals surface area contributed by atoms with Crippen molar-refractivity contribution in [3.8, 4) is 11.3 Å². The van der Waals surface area contributed by atoms with Gasteiger partial charge in [-0.25, -0.2) is 4.98 Å². The molecule has 2 amide bonds. The highest BCUT2D eigenvalue weighted by Crippen LogP contribution is 2.43. The number of fused-ring (bicyclic) bond motifs is 1. The van der Waals surface area contributed by atoms with E-state index in [0.717, 1.165) is 42.8 Å². The summed E-state index contributed by atoms with van der Waals surface area (Å²) in [7, 11) is 0. The van der Waals surface area contributed by atoms with Gasteiger partial charge in [-0.3, -0.25) is 9.59 Å². The molecule has 1 aliphatic carbocycles. The van der Waals surface area contributed by atoms with Crippen molar-refractivity contribution in [1.82, 2.24) is 9.88 Å². The minimum Gasteiger partial charge on any atom is -0.343 e. The predicted molar refractivity (Wildman–Crippen MR) is 111 cm³/mol. The Labute approximate surface area is 169 Å². The van der Waals surface area contributed by atoms with Crippen LogP contribution in [0.2, 0.25) is 0 Å². The summed E-state index contributed by atoms with van der Waals surface area (Å²) < 4.78 is 0. The van der Waals surface area contributed by atoms with Crippen molar-refractivity contribution in [2.24, 2.45) is 5.92 Å². The SMILES string of the molecule is CC(=O)N1CCC(C(=O)N2CCc3cc(-c4csc(C5CC5)n4)ccc32)CC1. The van der Waals surface area contributed by atoms with Gasteiger partial charge in [-0.1, -0.05) is 6.07 Å². The summed E-state index contributed by atoms with van der Waals surface area (Å²) in [5, 5.41) is 3.43. The molecular weight excluding hydrogens is 370 g/mol. The minimum absolute atomic E-state index is 0.0286. The number of aromatic nitrogens is 1. The van der Waals surface area contributed by atoms with Gasteiger partial charge in [0.15, 0.2) is 0 Å². The second-order valence-corrected chi connectivity index (χ2v) is 9.10. The Morgan fingerprint density at radius 2 is 1.89 bits per heavy atom. The van der Waals surface area contributed by atoms with Crippen LogP contribution in [0.1, 0.15) is 49.1 Å². The molecule has 0 unspecified atom stereocenters. The van der Waals surface area contributed by atoms with Gasteiger partial charge in [0.2, 0.25) is 11.8 Å². The average molecular weight is 396 g/mol. The quantitative estimate of drug-likeness (QED) is 0.794. The number of piperidine rings is 1. The van der Waals surface area contributed by atoms with Crippen LogP contribution in [0.5, 0.6) is 0 Å². The fourth-order valence-corrected chi connectivity index (χ4v) is 5.39. The molecule has 3 heterocycles. The third kappa shape index (κ3) is 3.24. The van der Waals surface area contributed by atoms with Crippen molar-refractivity contribution in [2.45, 2.75) is 44.9 Å². The molecule has 3 aliphatic rings. The van der Waals surface area contributed by atoms with Crippen molar-refractivity contribution in [3.05, 3.63) is 34.2 Å². The number of anilines is 1. The molecule has 2 aliphatic heterocycles. The summed E-state index contributed by atoms with van der Waals surface area (Å²) >= 11 is 1.77. The van der Waals surface area contributed by atoms with E-state index in [-0.39, 0.29) is 17.7 Å². The molecule has 2 fully saturated rings. The van der Waals surface area contributed by atoms with Gasteiger partial charge in [0, 0.05) is 55.0 Å². The number of hydrogen-bond donors (Lipinski definition) is 0. The number of amides is 2. The maximum atomic E-state index is 13.1. The molecule has 5 rings (SSSR count). The number of carbonyl (C=O) groups is 2. The van der Waals surface area contributed by atoms with E-state index in [1.165, 1.54) is 23.4 Å². The van der Waals surface area contributed by atoms with Crippen LogP contribution in [0.15, 0.2) is 23.6 Å². The third-order valence-electron chi connectivity index (χ3n) is 6.27.